The molecule has 0 spiro atoms. The molecule has 7 nitrogen and oxygen atoms in total. The number of fused-ring (bicyclic) bond motifs is 1. The average molecular weight is 503 g/mol. The van der Waals surface area contributed by atoms with Gasteiger partial charge in [0.05, 0.1) is 29.0 Å². The van der Waals surface area contributed by atoms with Crippen molar-refractivity contribution in [3.63, 3.8) is 0 Å². The van der Waals surface area contributed by atoms with Crippen molar-refractivity contribution < 1.29 is 18.7 Å². The summed E-state index contributed by atoms with van der Waals surface area (Å²) in [6.07, 6.45) is 1.32. The maximum Gasteiger partial charge on any atom is 0.258 e. The van der Waals surface area contributed by atoms with Gasteiger partial charge < -0.3 is 15.4 Å². The van der Waals surface area contributed by atoms with Crippen LogP contribution < -0.4 is 10.9 Å². The molecule has 0 saturated carbocycles. The molecule has 37 heavy (non-hydrogen) atoms. The Morgan fingerprint density at radius 2 is 1.86 bits per heavy atom. The molecular formula is C28H24F2N4O3. The van der Waals surface area contributed by atoms with E-state index in [-0.39, 0.29) is 17.9 Å². The van der Waals surface area contributed by atoms with Gasteiger partial charge in [-0.05, 0) is 62.1 Å². The third kappa shape index (κ3) is 6.23. The zero-order valence-electron chi connectivity index (χ0n) is 20.4. The maximum absolute atomic E-state index is 14.0. The highest BCUT2D eigenvalue weighted by Gasteiger charge is 2.23. The van der Waals surface area contributed by atoms with Crippen molar-refractivity contribution in [3.05, 3.63) is 93.8 Å². The van der Waals surface area contributed by atoms with Crippen molar-refractivity contribution in [2.45, 2.75) is 38.8 Å². The summed E-state index contributed by atoms with van der Waals surface area (Å²) in [5.74, 6) is 3.66. The molecule has 0 unspecified atom stereocenters. The molecule has 188 valence electrons. The number of halogens is 2. The van der Waals surface area contributed by atoms with Crippen molar-refractivity contribution in [1.82, 2.24) is 20.3 Å². The van der Waals surface area contributed by atoms with Gasteiger partial charge in [-0.3, -0.25) is 9.59 Å². The van der Waals surface area contributed by atoms with Crippen molar-refractivity contribution in [3.8, 4) is 23.0 Å². The first-order chi connectivity index (χ1) is 17.5. The molecule has 2 aromatic carbocycles. The molecule has 2 heterocycles. The molecule has 0 bridgehead atoms. The van der Waals surface area contributed by atoms with Crippen LogP contribution in [0.2, 0.25) is 0 Å². The average Bonchev–Trinajstić information content (AvgIpc) is 2.81. The Morgan fingerprint density at radius 1 is 1.14 bits per heavy atom. The summed E-state index contributed by atoms with van der Waals surface area (Å²) in [7, 11) is 0. The fourth-order valence-electron chi connectivity index (χ4n) is 4.00. The van der Waals surface area contributed by atoms with Crippen LogP contribution in [0.3, 0.4) is 0 Å². The summed E-state index contributed by atoms with van der Waals surface area (Å²) in [5.41, 5.74) is 0.943. The molecule has 0 radical (unpaired) electrons. The van der Waals surface area contributed by atoms with Gasteiger partial charge >= 0.3 is 0 Å². The zero-order valence-corrected chi connectivity index (χ0v) is 20.4. The molecule has 3 N–H and O–H groups in total. The summed E-state index contributed by atoms with van der Waals surface area (Å²) in [6.45, 7) is 4.40. The molecule has 1 amide bonds. The van der Waals surface area contributed by atoms with Gasteiger partial charge in [-0.15, -0.1) is 0 Å². The lowest BCUT2D eigenvalue weighted by Crippen LogP contribution is -2.29. The van der Waals surface area contributed by atoms with Crippen LogP contribution in [-0.4, -0.2) is 31.6 Å². The molecule has 0 aliphatic rings. The quantitative estimate of drug-likeness (QED) is 0.360. The van der Waals surface area contributed by atoms with Crippen LogP contribution in [-0.2, 0) is 11.2 Å². The Bertz CT molecular complexity index is 1590. The Kier molecular flexibility index (Phi) is 7.14. The van der Waals surface area contributed by atoms with E-state index in [0.29, 0.717) is 39.0 Å². The number of H-pyrrole nitrogens is 1. The second-order valence-corrected chi connectivity index (χ2v) is 9.11. The third-order valence-corrected chi connectivity index (χ3v) is 5.45. The summed E-state index contributed by atoms with van der Waals surface area (Å²) in [4.78, 5) is 36.1. The number of benzene rings is 2. The molecule has 0 aliphatic heterocycles. The van der Waals surface area contributed by atoms with Gasteiger partial charge in [-0.1, -0.05) is 18.1 Å². The Hall–Kier alpha value is -4.42. The molecule has 0 saturated heterocycles. The number of aliphatic hydroxyl groups is 1. The minimum absolute atomic E-state index is 0.0232. The third-order valence-electron chi connectivity index (χ3n) is 5.45. The van der Waals surface area contributed by atoms with Crippen molar-refractivity contribution in [1.29, 1.82) is 0 Å². The minimum Gasteiger partial charge on any atom is -0.378 e. The number of nitrogens with one attached hydrogen (secondary N) is 2. The standard InChI is InChI=1S/C28H24F2N4O3/c1-16(35)33-24(13-17-11-18(29)14-19(30)12-17)26-22(8-7-20(34-26)9-10-28(2,3)37)21-5-4-6-23-25(21)31-15-32-27(23)36/h4-8,11-12,14-15,24,37H,13H2,1-3H3,(H,33,35)(H,31,32,36)/t24-/m0/s1. The Morgan fingerprint density at radius 3 is 2.54 bits per heavy atom. The van der Waals surface area contributed by atoms with Gasteiger partial charge in [0.1, 0.15) is 22.9 Å². The normalized spacial score (nSPS) is 12.1. The lowest BCUT2D eigenvalue weighted by atomic mass is 9.93. The fourth-order valence-corrected chi connectivity index (χ4v) is 4.00. The number of carbonyl (C=O) groups is 1. The summed E-state index contributed by atoms with van der Waals surface area (Å²) < 4.78 is 27.9. The summed E-state index contributed by atoms with van der Waals surface area (Å²) in [6, 6.07) is 10.8. The highest BCUT2D eigenvalue weighted by atomic mass is 19.1. The van der Waals surface area contributed by atoms with Crippen LogP contribution in [0.15, 0.2) is 59.7 Å². The Balaban J connectivity index is 1.95. The molecule has 0 aliphatic carbocycles. The van der Waals surface area contributed by atoms with Crippen LogP contribution in [0.1, 0.15) is 43.8 Å². The SMILES string of the molecule is CC(=O)N[C@@H](Cc1cc(F)cc(F)c1)c1nc(C#CC(C)(C)O)ccc1-c1cccc2c(=O)[nH]cnc12. The van der Waals surface area contributed by atoms with Gasteiger partial charge in [-0.2, -0.15) is 0 Å². The Labute approximate surface area is 211 Å². The number of hydrogen-bond acceptors (Lipinski definition) is 5. The fraction of sp³-hybridized carbons (Fsp3) is 0.214. The van der Waals surface area contributed by atoms with E-state index in [1.807, 2.05) is 0 Å². The lowest BCUT2D eigenvalue weighted by molar-refractivity contribution is -0.119. The second-order valence-electron chi connectivity index (χ2n) is 9.11. The highest BCUT2D eigenvalue weighted by Crippen LogP contribution is 2.33. The number of pyridine rings is 1. The largest absolute Gasteiger partial charge is 0.378 e. The number of amides is 1. The number of aromatic nitrogens is 3. The predicted molar refractivity (Wildman–Crippen MR) is 135 cm³/mol. The van der Waals surface area contributed by atoms with Crippen LogP contribution in [0.5, 0.6) is 0 Å². The van der Waals surface area contributed by atoms with E-state index >= 15 is 0 Å². The maximum atomic E-state index is 14.0. The first kappa shape index (κ1) is 25.7. The number of para-hydroxylation sites is 1. The number of hydrogen-bond donors (Lipinski definition) is 3. The first-order valence-electron chi connectivity index (χ1n) is 11.5. The van der Waals surface area contributed by atoms with E-state index in [1.165, 1.54) is 39.2 Å². The van der Waals surface area contributed by atoms with Gasteiger partial charge in [-0.25, -0.2) is 18.7 Å². The van der Waals surface area contributed by atoms with Crippen LogP contribution >= 0.6 is 0 Å². The first-order valence-corrected chi connectivity index (χ1v) is 11.5. The van der Waals surface area contributed by atoms with Gasteiger partial charge in [0.25, 0.3) is 5.56 Å². The van der Waals surface area contributed by atoms with Crippen LogP contribution in [0.4, 0.5) is 8.78 Å². The summed E-state index contributed by atoms with van der Waals surface area (Å²) >= 11 is 0. The predicted octanol–water partition coefficient (Wildman–Crippen LogP) is 3.81. The second kappa shape index (κ2) is 10.3. The number of aromatic amines is 1. The minimum atomic E-state index is -1.27. The monoisotopic (exact) mass is 502 g/mol. The van der Waals surface area contributed by atoms with Crippen LogP contribution in [0, 0.1) is 23.5 Å². The zero-order chi connectivity index (χ0) is 26.7. The lowest BCUT2D eigenvalue weighted by Gasteiger charge is -2.22. The highest BCUT2D eigenvalue weighted by molar-refractivity contribution is 5.93. The van der Waals surface area contributed by atoms with Crippen molar-refractivity contribution >= 4 is 16.8 Å². The number of carbonyl (C=O) groups excluding carboxylic acids is 1. The van der Waals surface area contributed by atoms with E-state index in [2.05, 4.69) is 32.1 Å². The molecule has 0 fully saturated rings. The molecule has 1 atom stereocenters. The molecule has 2 aromatic heterocycles. The smallest absolute Gasteiger partial charge is 0.258 e. The van der Waals surface area contributed by atoms with Gasteiger partial charge in [0.15, 0.2) is 0 Å². The van der Waals surface area contributed by atoms with Gasteiger partial charge in [0.2, 0.25) is 5.91 Å². The van der Waals surface area contributed by atoms with E-state index < -0.39 is 23.3 Å². The molecule has 4 rings (SSSR count). The number of rotatable bonds is 5. The molecule has 9 heteroatoms. The van der Waals surface area contributed by atoms with E-state index in [1.54, 1.807) is 30.3 Å². The van der Waals surface area contributed by atoms with Crippen molar-refractivity contribution in [2.75, 3.05) is 0 Å². The molecule has 4 aromatic rings. The van der Waals surface area contributed by atoms with E-state index in [0.717, 1.165) is 6.07 Å². The topological polar surface area (TPSA) is 108 Å². The van der Waals surface area contributed by atoms with E-state index in [4.69, 9.17) is 0 Å². The van der Waals surface area contributed by atoms with E-state index in [9.17, 15) is 23.5 Å². The number of nitrogens with zero attached hydrogens (tertiary/aromatic N) is 2. The van der Waals surface area contributed by atoms with Crippen LogP contribution in [0.25, 0.3) is 22.0 Å². The van der Waals surface area contributed by atoms with Gasteiger partial charge in [0, 0.05) is 24.1 Å². The molecular weight excluding hydrogens is 478 g/mol. The summed E-state index contributed by atoms with van der Waals surface area (Å²) in [5, 5.41) is 13.2. The van der Waals surface area contributed by atoms with Crippen molar-refractivity contribution in [2.24, 2.45) is 0 Å².